The van der Waals surface area contributed by atoms with Crippen molar-refractivity contribution in [3.8, 4) is 0 Å². The zero-order chi connectivity index (χ0) is 18.0. The molecule has 1 N–H and O–H groups in total. The molecule has 0 amide bonds. The van der Waals surface area contributed by atoms with Crippen molar-refractivity contribution in [2.45, 2.75) is 32.7 Å². The fourth-order valence-corrected chi connectivity index (χ4v) is 3.73. The summed E-state index contributed by atoms with van der Waals surface area (Å²) in [5.74, 6) is -1.34. The van der Waals surface area contributed by atoms with Gasteiger partial charge >= 0.3 is 5.97 Å². The fraction of sp³-hybridized carbons (Fsp3) is 0.381. The van der Waals surface area contributed by atoms with Gasteiger partial charge in [0, 0.05) is 6.54 Å². The maximum atomic E-state index is 13.4. The van der Waals surface area contributed by atoms with Crippen LogP contribution in [0.15, 0.2) is 42.5 Å². The van der Waals surface area contributed by atoms with E-state index < -0.39 is 5.97 Å². The molecule has 3 rings (SSSR count). The van der Waals surface area contributed by atoms with E-state index in [9.17, 15) is 14.3 Å². The summed E-state index contributed by atoms with van der Waals surface area (Å²) in [7, 11) is 0. The fourth-order valence-electron chi connectivity index (χ4n) is 3.73. The van der Waals surface area contributed by atoms with Gasteiger partial charge in [0.2, 0.25) is 0 Å². The lowest BCUT2D eigenvalue weighted by Gasteiger charge is -2.38. The molecule has 4 heteroatoms. The Kier molecular flexibility index (Phi) is 5.19. The highest BCUT2D eigenvalue weighted by molar-refractivity contribution is 5.70. The van der Waals surface area contributed by atoms with Crippen molar-refractivity contribution >= 4 is 5.97 Å². The molecule has 1 heterocycles. The van der Waals surface area contributed by atoms with Gasteiger partial charge in [-0.25, -0.2) is 4.39 Å². The number of likely N-dealkylation sites (tertiary alicyclic amines) is 1. The predicted molar refractivity (Wildman–Crippen MR) is 96.1 cm³/mol. The van der Waals surface area contributed by atoms with Gasteiger partial charge in [0.05, 0.1) is 12.0 Å². The molecule has 0 spiro atoms. The first-order valence-electron chi connectivity index (χ1n) is 8.75. The van der Waals surface area contributed by atoms with Gasteiger partial charge < -0.3 is 5.11 Å². The summed E-state index contributed by atoms with van der Waals surface area (Å²) in [4.78, 5) is 13.7. The molecule has 25 heavy (non-hydrogen) atoms. The van der Waals surface area contributed by atoms with E-state index in [4.69, 9.17) is 0 Å². The van der Waals surface area contributed by atoms with Crippen LogP contribution in [0.1, 0.15) is 41.1 Å². The maximum absolute atomic E-state index is 13.4. The van der Waals surface area contributed by atoms with Crippen LogP contribution in [-0.4, -0.2) is 29.1 Å². The van der Waals surface area contributed by atoms with Crippen molar-refractivity contribution in [1.29, 1.82) is 0 Å². The topological polar surface area (TPSA) is 40.5 Å². The van der Waals surface area contributed by atoms with Crippen LogP contribution in [0.5, 0.6) is 0 Å². The van der Waals surface area contributed by atoms with E-state index in [-0.39, 0.29) is 17.8 Å². The Labute approximate surface area is 148 Å². The Bertz CT molecular complexity index is 757. The first-order valence-corrected chi connectivity index (χ1v) is 8.75. The summed E-state index contributed by atoms with van der Waals surface area (Å²) in [6.07, 6.45) is 1.58. The molecule has 0 bridgehead atoms. The SMILES string of the molecule is Cc1ccc(C)c(C(c2ccc(F)cc2)N2CCCC(C(=O)O)C2)c1. The van der Waals surface area contributed by atoms with Gasteiger partial charge in [-0.15, -0.1) is 0 Å². The first-order chi connectivity index (χ1) is 12.0. The number of carbonyl (C=O) groups is 1. The average Bonchev–Trinajstić information content (AvgIpc) is 2.60. The third-order valence-corrected chi connectivity index (χ3v) is 5.08. The molecule has 3 nitrogen and oxygen atoms in total. The maximum Gasteiger partial charge on any atom is 0.307 e. The van der Waals surface area contributed by atoms with Crippen LogP contribution in [0.3, 0.4) is 0 Å². The number of carboxylic acids is 1. The summed E-state index contributed by atoms with van der Waals surface area (Å²) >= 11 is 0. The predicted octanol–water partition coefficient (Wildman–Crippen LogP) is 4.33. The van der Waals surface area contributed by atoms with Crippen LogP contribution in [0.2, 0.25) is 0 Å². The third kappa shape index (κ3) is 3.90. The minimum atomic E-state index is -0.733. The van der Waals surface area contributed by atoms with E-state index >= 15 is 0 Å². The minimum absolute atomic E-state index is 0.0531. The Balaban J connectivity index is 2.04. The Morgan fingerprint density at radius 2 is 1.92 bits per heavy atom. The largest absolute Gasteiger partial charge is 0.481 e. The van der Waals surface area contributed by atoms with Crippen molar-refractivity contribution in [1.82, 2.24) is 4.90 Å². The molecule has 0 aromatic heterocycles. The number of carboxylic acid groups (broad SMARTS) is 1. The number of halogens is 1. The highest BCUT2D eigenvalue weighted by Crippen LogP contribution is 2.34. The van der Waals surface area contributed by atoms with Crippen molar-refractivity contribution in [2.24, 2.45) is 5.92 Å². The molecule has 2 unspecified atom stereocenters. The van der Waals surface area contributed by atoms with Crippen LogP contribution >= 0.6 is 0 Å². The van der Waals surface area contributed by atoms with Gasteiger partial charge in [-0.1, -0.05) is 35.9 Å². The molecule has 132 valence electrons. The smallest absolute Gasteiger partial charge is 0.307 e. The molecule has 1 fully saturated rings. The van der Waals surface area contributed by atoms with Crippen molar-refractivity contribution < 1.29 is 14.3 Å². The highest BCUT2D eigenvalue weighted by atomic mass is 19.1. The van der Waals surface area contributed by atoms with E-state index in [1.54, 1.807) is 0 Å². The first kappa shape index (κ1) is 17.6. The molecular formula is C21H24FNO2. The molecule has 0 radical (unpaired) electrons. The van der Waals surface area contributed by atoms with E-state index in [1.165, 1.54) is 17.7 Å². The molecule has 1 aliphatic rings. The van der Waals surface area contributed by atoms with Crippen LogP contribution in [0.4, 0.5) is 4.39 Å². The van der Waals surface area contributed by atoms with Crippen molar-refractivity contribution in [2.75, 3.05) is 13.1 Å². The van der Waals surface area contributed by atoms with Crippen LogP contribution in [0.25, 0.3) is 0 Å². The zero-order valence-electron chi connectivity index (χ0n) is 14.7. The number of hydrogen-bond donors (Lipinski definition) is 1. The monoisotopic (exact) mass is 341 g/mol. The second-order valence-corrected chi connectivity index (χ2v) is 6.99. The molecular weight excluding hydrogens is 317 g/mol. The molecule has 1 saturated heterocycles. The second-order valence-electron chi connectivity index (χ2n) is 6.99. The van der Waals surface area contributed by atoms with Gasteiger partial charge in [-0.05, 0) is 62.1 Å². The van der Waals surface area contributed by atoms with Gasteiger partial charge in [-0.2, -0.15) is 0 Å². The normalized spacial score (nSPS) is 19.6. The van der Waals surface area contributed by atoms with Crippen LogP contribution < -0.4 is 0 Å². The van der Waals surface area contributed by atoms with E-state index in [0.29, 0.717) is 6.54 Å². The summed E-state index contributed by atoms with van der Waals surface area (Å²) in [6, 6.07) is 12.9. The number of hydrogen-bond acceptors (Lipinski definition) is 2. The average molecular weight is 341 g/mol. The number of nitrogens with zero attached hydrogens (tertiary/aromatic N) is 1. The Morgan fingerprint density at radius 3 is 2.60 bits per heavy atom. The lowest BCUT2D eigenvalue weighted by atomic mass is 9.89. The lowest BCUT2D eigenvalue weighted by molar-refractivity contribution is -0.143. The standard InChI is InChI=1S/C21H24FNO2/c1-14-5-6-15(2)19(12-14)20(16-7-9-18(22)10-8-16)23-11-3-4-17(13-23)21(24)25/h5-10,12,17,20H,3-4,11,13H2,1-2H3,(H,24,25). The van der Waals surface area contributed by atoms with Gasteiger partial charge in [-0.3, -0.25) is 9.69 Å². The molecule has 1 aliphatic heterocycles. The number of piperidine rings is 1. The number of rotatable bonds is 4. The number of aliphatic carboxylic acids is 1. The minimum Gasteiger partial charge on any atom is -0.481 e. The third-order valence-electron chi connectivity index (χ3n) is 5.08. The van der Waals surface area contributed by atoms with Crippen molar-refractivity contribution in [3.05, 3.63) is 70.5 Å². The molecule has 0 aliphatic carbocycles. The molecule has 2 aromatic carbocycles. The van der Waals surface area contributed by atoms with E-state index in [1.807, 2.05) is 12.1 Å². The summed E-state index contributed by atoms with van der Waals surface area (Å²) < 4.78 is 13.4. The molecule has 0 saturated carbocycles. The molecule has 2 atom stereocenters. The number of aryl methyl sites for hydroxylation is 2. The van der Waals surface area contributed by atoms with Crippen molar-refractivity contribution in [3.63, 3.8) is 0 Å². The quantitative estimate of drug-likeness (QED) is 0.900. The van der Waals surface area contributed by atoms with Crippen LogP contribution in [0, 0.1) is 25.6 Å². The second kappa shape index (κ2) is 7.36. The van der Waals surface area contributed by atoms with E-state index in [2.05, 4.69) is 36.9 Å². The summed E-state index contributed by atoms with van der Waals surface area (Å²) in [6.45, 7) is 5.49. The highest BCUT2D eigenvalue weighted by Gasteiger charge is 2.31. The lowest BCUT2D eigenvalue weighted by Crippen LogP contribution is -2.41. The molecule has 2 aromatic rings. The van der Waals surface area contributed by atoms with Crippen LogP contribution in [-0.2, 0) is 4.79 Å². The Hall–Kier alpha value is -2.20. The summed E-state index contributed by atoms with van der Waals surface area (Å²) in [5, 5.41) is 9.44. The Morgan fingerprint density at radius 1 is 1.20 bits per heavy atom. The van der Waals surface area contributed by atoms with Gasteiger partial charge in [0.1, 0.15) is 5.82 Å². The van der Waals surface area contributed by atoms with E-state index in [0.717, 1.165) is 36.1 Å². The zero-order valence-corrected chi connectivity index (χ0v) is 14.7. The number of benzene rings is 2. The summed E-state index contributed by atoms with van der Waals surface area (Å²) in [5.41, 5.74) is 4.50. The van der Waals surface area contributed by atoms with Gasteiger partial charge in [0.15, 0.2) is 0 Å². The van der Waals surface area contributed by atoms with Gasteiger partial charge in [0.25, 0.3) is 0 Å².